The molecule has 4 heterocycles. The van der Waals surface area contributed by atoms with Crippen molar-refractivity contribution in [1.82, 2.24) is 24.7 Å². The summed E-state index contributed by atoms with van der Waals surface area (Å²) in [7, 11) is 2.21. The van der Waals surface area contributed by atoms with Gasteiger partial charge in [-0.05, 0) is 33.0 Å². The van der Waals surface area contributed by atoms with Crippen LogP contribution in [0.1, 0.15) is 23.9 Å². The summed E-state index contributed by atoms with van der Waals surface area (Å²) < 4.78 is 2.55. The van der Waals surface area contributed by atoms with Crippen LogP contribution in [0.25, 0.3) is 11.0 Å². The van der Waals surface area contributed by atoms with Crippen LogP contribution in [0.15, 0.2) is 12.1 Å². The third-order valence-corrected chi connectivity index (χ3v) is 5.67. The molecule has 130 valence electrons. The first-order valence-electron chi connectivity index (χ1n) is 9.24. The van der Waals surface area contributed by atoms with Gasteiger partial charge >= 0.3 is 0 Å². The van der Waals surface area contributed by atoms with E-state index in [0.29, 0.717) is 6.04 Å². The minimum absolute atomic E-state index is 0.628. The maximum atomic E-state index is 4.88. The van der Waals surface area contributed by atoms with Crippen LogP contribution in [0.3, 0.4) is 0 Å². The highest BCUT2D eigenvalue weighted by molar-refractivity contribution is 5.82. The van der Waals surface area contributed by atoms with E-state index >= 15 is 0 Å². The first-order chi connectivity index (χ1) is 11.6. The molecule has 24 heavy (non-hydrogen) atoms. The van der Waals surface area contributed by atoms with Crippen LogP contribution in [0.2, 0.25) is 0 Å². The predicted molar refractivity (Wildman–Crippen MR) is 98.4 cm³/mol. The number of aryl methyl sites for hydroxylation is 1. The van der Waals surface area contributed by atoms with Crippen molar-refractivity contribution in [3.8, 4) is 0 Å². The van der Waals surface area contributed by atoms with Gasteiger partial charge in [-0.25, -0.2) is 0 Å². The molecule has 0 amide bonds. The van der Waals surface area contributed by atoms with Gasteiger partial charge in [-0.3, -0.25) is 9.88 Å². The zero-order valence-corrected chi connectivity index (χ0v) is 15.2. The molecule has 2 aromatic heterocycles. The maximum Gasteiger partial charge on any atom is 0.0932 e. The molecule has 0 radical (unpaired) electrons. The fourth-order valence-electron chi connectivity index (χ4n) is 4.23. The van der Waals surface area contributed by atoms with E-state index in [9.17, 15) is 0 Å². The number of hydrogen-bond donors (Lipinski definition) is 1. The number of fused-ring (bicyclic) bond motifs is 3. The van der Waals surface area contributed by atoms with E-state index in [1.165, 1.54) is 22.3 Å². The molecule has 1 atom stereocenters. The normalized spacial score (nSPS) is 22.9. The van der Waals surface area contributed by atoms with Crippen molar-refractivity contribution in [2.75, 3.05) is 39.8 Å². The highest BCUT2D eigenvalue weighted by Crippen LogP contribution is 2.29. The number of hydrogen-bond acceptors (Lipinski definition) is 4. The van der Waals surface area contributed by atoms with Crippen LogP contribution in [0.5, 0.6) is 0 Å². The van der Waals surface area contributed by atoms with Gasteiger partial charge in [0, 0.05) is 75.2 Å². The lowest BCUT2D eigenvalue weighted by Gasteiger charge is -2.34. The molecule has 0 aliphatic carbocycles. The van der Waals surface area contributed by atoms with Gasteiger partial charge in [0.15, 0.2) is 0 Å². The zero-order valence-electron chi connectivity index (χ0n) is 15.2. The summed E-state index contributed by atoms with van der Waals surface area (Å²) >= 11 is 0. The van der Waals surface area contributed by atoms with E-state index < -0.39 is 0 Å². The zero-order chi connectivity index (χ0) is 16.7. The highest BCUT2D eigenvalue weighted by Gasteiger charge is 2.24. The first-order valence-corrected chi connectivity index (χ1v) is 9.24. The molecule has 0 bridgehead atoms. The van der Waals surface area contributed by atoms with Crippen molar-refractivity contribution >= 4 is 11.0 Å². The number of piperazine rings is 1. The smallest absolute Gasteiger partial charge is 0.0932 e. The summed E-state index contributed by atoms with van der Waals surface area (Å²) in [4.78, 5) is 9.91. The summed E-state index contributed by atoms with van der Waals surface area (Å²) in [6.45, 7) is 12.2. The minimum atomic E-state index is 0.628. The van der Waals surface area contributed by atoms with E-state index in [1.807, 2.05) is 0 Å². The molecular formula is C19H29N5. The largest absolute Gasteiger partial charge is 0.342 e. The number of rotatable bonds is 3. The lowest BCUT2D eigenvalue weighted by molar-refractivity contribution is 0.167. The summed E-state index contributed by atoms with van der Waals surface area (Å²) in [6.07, 6.45) is 1.14. The van der Waals surface area contributed by atoms with E-state index in [4.69, 9.17) is 4.98 Å². The molecular weight excluding hydrogens is 298 g/mol. The van der Waals surface area contributed by atoms with E-state index in [0.717, 1.165) is 57.9 Å². The van der Waals surface area contributed by atoms with Gasteiger partial charge in [0.1, 0.15) is 0 Å². The lowest BCUT2D eigenvalue weighted by Crippen LogP contribution is -2.50. The number of aromatic nitrogens is 2. The minimum Gasteiger partial charge on any atom is -0.342 e. The van der Waals surface area contributed by atoms with Gasteiger partial charge in [0.05, 0.1) is 11.0 Å². The molecule has 0 spiro atoms. The molecule has 2 aliphatic heterocycles. The van der Waals surface area contributed by atoms with E-state index in [-0.39, 0.29) is 0 Å². The molecule has 2 aromatic rings. The van der Waals surface area contributed by atoms with Crippen LogP contribution >= 0.6 is 0 Å². The second-order valence-corrected chi connectivity index (χ2v) is 7.47. The summed E-state index contributed by atoms with van der Waals surface area (Å²) in [5, 5.41) is 3.48. The Morgan fingerprint density at radius 2 is 2.12 bits per heavy atom. The maximum absolute atomic E-state index is 4.88. The Labute approximate surface area is 144 Å². The average molecular weight is 327 g/mol. The third kappa shape index (κ3) is 2.85. The van der Waals surface area contributed by atoms with Crippen molar-refractivity contribution in [3.63, 3.8) is 0 Å². The Kier molecular flexibility index (Phi) is 4.33. The summed E-state index contributed by atoms with van der Waals surface area (Å²) in [6, 6.07) is 5.06. The predicted octanol–water partition coefficient (Wildman–Crippen LogP) is 1.63. The van der Waals surface area contributed by atoms with Crippen LogP contribution in [0.4, 0.5) is 0 Å². The van der Waals surface area contributed by atoms with Crippen LogP contribution < -0.4 is 5.32 Å². The standard InChI is InChI=1S/C19H29N5/c1-14-4-5-18-19(21-14)16-13-22(3)8-6-17(16)24(18)11-10-23-9-7-20-12-15(23)2/h4-5,15,20H,6-13H2,1-3H3. The van der Waals surface area contributed by atoms with Crippen molar-refractivity contribution in [2.24, 2.45) is 0 Å². The molecule has 0 aromatic carbocycles. The molecule has 5 heteroatoms. The van der Waals surface area contributed by atoms with Crippen LogP contribution in [0, 0.1) is 6.92 Å². The molecule has 1 N–H and O–H groups in total. The molecule has 0 saturated carbocycles. The van der Waals surface area contributed by atoms with Gasteiger partial charge < -0.3 is 14.8 Å². The summed E-state index contributed by atoms with van der Waals surface area (Å²) in [5.74, 6) is 0. The Morgan fingerprint density at radius 3 is 2.96 bits per heavy atom. The lowest BCUT2D eigenvalue weighted by atomic mass is 10.1. The van der Waals surface area contributed by atoms with Crippen molar-refractivity contribution in [2.45, 2.75) is 39.4 Å². The molecule has 5 nitrogen and oxygen atoms in total. The van der Waals surface area contributed by atoms with Crippen molar-refractivity contribution in [1.29, 1.82) is 0 Å². The Hall–Kier alpha value is -1.43. The highest BCUT2D eigenvalue weighted by atomic mass is 15.2. The molecule has 1 unspecified atom stereocenters. The van der Waals surface area contributed by atoms with Gasteiger partial charge in [0.25, 0.3) is 0 Å². The van der Waals surface area contributed by atoms with Gasteiger partial charge in [0.2, 0.25) is 0 Å². The third-order valence-electron chi connectivity index (χ3n) is 5.67. The first kappa shape index (κ1) is 16.1. The summed E-state index contributed by atoms with van der Waals surface area (Å²) in [5.41, 5.74) is 6.64. The average Bonchev–Trinajstić information content (AvgIpc) is 2.87. The number of pyridine rings is 1. The quantitative estimate of drug-likeness (QED) is 0.929. The Bertz CT molecular complexity index is 735. The second-order valence-electron chi connectivity index (χ2n) is 7.47. The molecule has 2 aliphatic rings. The fraction of sp³-hybridized carbons (Fsp3) is 0.632. The Morgan fingerprint density at radius 1 is 1.25 bits per heavy atom. The fourth-order valence-corrected chi connectivity index (χ4v) is 4.23. The van der Waals surface area contributed by atoms with Gasteiger partial charge in [-0.1, -0.05) is 0 Å². The molecule has 1 fully saturated rings. The number of nitrogens with one attached hydrogen (secondary N) is 1. The Balaban J connectivity index is 1.67. The van der Waals surface area contributed by atoms with E-state index in [1.54, 1.807) is 0 Å². The second kappa shape index (κ2) is 6.47. The van der Waals surface area contributed by atoms with Crippen molar-refractivity contribution < 1.29 is 0 Å². The molecule has 1 saturated heterocycles. The number of likely N-dealkylation sites (N-methyl/N-ethyl adjacent to an activating group) is 1. The van der Waals surface area contributed by atoms with Crippen LogP contribution in [-0.2, 0) is 19.5 Å². The van der Waals surface area contributed by atoms with Crippen molar-refractivity contribution in [3.05, 3.63) is 29.1 Å². The van der Waals surface area contributed by atoms with E-state index in [2.05, 4.69) is 52.7 Å². The topological polar surface area (TPSA) is 36.3 Å². The van der Waals surface area contributed by atoms with Crippen LogP contribution in [-0.4, -0.2) is 65.2 Å². The number of nitrogens with zero attached hydrogens (tertiary/aromatic N) is 4. The van der Waals surface area contributed by atoms with Gasteiger partial charge in [-0.15, -0.1) is 0 Å². The SMILES string of the molecule is Cc1ccc2c(n1)c1c(n2CCN2CCNCC2C)CCN(C)C1. The molecule has 4 rings (SSSR count). The monoisotopic (exact) mass is 327 g/mol. The van der Waals surface area contributed by atoms with Gasteiger partial charge in [-0.2, -0.15) is 0 Å².